The van der Waals surface area contributed by atoms with Crippen molar-refractivity contribution in [3.63, 3.8) is 0 Å². The largest absolute Gasteiger partial charge is 0.323 e. The van der Waals surface area contributed by atoms with Crippen LogP contribution in [0.15, 0.2) is 30.3 Å². The highest BCUT2D eigenvalue weighted by Crippen LogP contribution is 2.18. The minimum absolute atomic E-state index is 0.0838. The van der Waals surface area contributed by atoms with Crippen LogP contribution in [0.1, 0.15) is 31.9 Å². The fourth-order valence-corrected chi connectivity index (χ4v) is 2.42. The van der Waals surface area contributed by atoms with Crippen molar-refractivity contribution in [3.8, 4) is 0 Å². The van der Waals surface area contributed by atoms with Gasteiger partial charge in [-0.3, -0.25) is 4.90 Å². The lowest BCUT2D eigenvalue weighted by Gasteiger charge is -2.32. The van der Waals surface area contributed by atoms with Gasteiger partial charge < -0.3 is 10.6 Å². The van der Waals surface area contributed by atoms with Gasteiger partial charge in [0.25, 0.3) is 0 Å². The van der Waals surface area contributed by atoms with E-state index in [-0.39, 0.29) is 6.04 Å². The summed E-state index contributed by atoms with van der Waals surface area (Å²) in [5, 5.41) is 0. The lowest BCUT2D eigenvalue weighted by Crippen LogP contribution is -2.41. The number of nitrogens with two attached hydrogens (primary N) is 1. The van der Waals surface area contributed by atoms with Crippen LogP contribution in [0, 0.1) is 0 Å². The van der Waals surface area contributed by atoms with E-state index in [4.69, 9.17) is 5.73 Å². The first-order valence-electron chi connectivity index (χ1n) is 7.25. The minimum Gasteiger partial charge on any atom is -0.323 e. The predicted molar refractivity (Wildman–Crippen MR) is 83.3 cm³/mol. The van der Waals surface area contributed by atoms with Crippen molar-refractivity contribution in [2.24, 2.45) is 5.73 Å². The van der Waals surface area contributed by atoms with Crippen molar-refractivity contribution in [1.82, 2.24) is 9.80 Å². The van der Waals surface area contributed by atoms with Gasteiger partial charge in [-0.2, -0.15) is 0 Å². The maximum Gasteiger partial charge on any atom is 0.0450 e. The van der Waals surface area contributed by atoms with Gasteiger partial charge in [0.1, 0.15) is 0 Å². The van der Waals surface area contributed by atoms with Gasteiger partial charge in [-0.1, -0.05) is 37.3 Å². The van der Waals surface area contributed by atoms with Crippen LogP contribution >= 0.6 is 0 Å². The molecule has 0 heterocycles. The van der Waals surface area contributed by atoms with Crippen LogP contribution in [0.2, 0.25) is 0 Å². The molecule has 1 rings (SSSR count). The van der Waals surface area contributed by atoms with Crippen LogP contribution in [-0.2, 0) is 0 Å². The summed E-state index contributed by atoms with van der Waals surface area (Å²) in [5.74, 6) is 0. The summed E-state index contributed by atoms with van der Waals surface area (Å²) < 4.78 is 0. The van der Waals surface area contributed by atoms with Crippen molar-refractivity contribution < 1.29 is 0 Å². The Kier molecular flexibility index (Phi) is 7.06. The zero-order valence-corrected chi connectivity index (χ0v) is 12.8. The van der Waals surface area contributed by atoms with Crippen LogP contribution in [0.25, 0.3) is 0 Å². The number of nitrogens with zero attached hydrogens (tertiary/aromatic N) is 2. The van der Waals surface area contributed by atoms with E-state index >= 15 is 0 Å². The average Bonchev–Trinajstić information content (AvgIpc) is 2.43. The van der Waals surface area contributed by atoms with E-state index in [1.54, 1.807) is 0 Å². The van der Waals surface area contributed by atoms with Gasteiger partial charge in [0.2, 0.25) is 0 Å². The molecule has 0 saturated heterocycles. The van der Waals surface area contributed by atoms with Crippen molar-refractivity contribution in [1.29, 1.82) is 0 Å². The van der Waals surface area contributed by atoms with Gasteiger partial charge in [-0.25, -0.2) is 0 Å². The lowest BCUT2D eigenvalue weighted by atomic mass is 10.00. The van der Waals surface area contributed by atoms with Gasteiger partial charge in [-0.15, -0.1) is 0 Å². The van der Waals surface area contributed by atoms with E-state index < -0.39 is 0 Å². The first-order chi connectivity index (χ1) is 9.06. The monoisotopic (exact) mass is 263 g/mol. The molecule has 0 aliphatic carbocycles. The third-order valence-electron chi connectivity index (χ3n) is 3.74. The molecule has 0 bridgehead atoms. The van der Waals surface area contributed by atoms with Crippen LogP contribution in [-0.4, -0.2) is 49.6 Å². The van der Waals surface area contributed by atoms with E-state index in [0.717, 1.165) is 19.6 Å². The van der Waals surface area contributed by atoms with E-state index in [0.29, 0.717) is 6.04 Å². The molecule has 0 saturated carbocycles. The Bertz CT molecular complexity index is 337. The Balaban J connectivity index is 2.55. The highest BCUT2D eigenvalue weighted by atomic mass is 15.2. The molecular formula is C16H29N3. The quantitative estimate of drug-likeness (QED) is 0.781. The number of benzene rings is 1. The molecule has 1 aromatic carbocycles. The van der Waals surface area contributed by atoms with E-state index in [9.17, 15) is 0 Å². The van der Waals surface area contributed by atoms with Crippen LogP contribution in [0.3, 0.4) is 0 Å². The smallest absolute Gasteiger partial charge is 0.0450 e. The van der Waals surface area contributed by atoms with Crippen molar-refractivity contribution >= 4 is 0 Å². The van der Waals surface area contributed by atoms with Crippen LogP contribution < -0.4 is 5.73 Å². The Labute approximate surface area is 118 Å². The lowest BCUT2D eigenvalue weighted by molar-refractivity contribution is 0.184. The second-order valence-electron chi connectivity index (χ2n) is 5.46. The molecule has 3 nitrogen and oxygen atoms in total. The molecule has 0 aliphatic rings. The number of hydrogen-bond acceptors (Lipinski definition) is 3. The molecule has 0 amide bonds. The number of likely N-dealkylation sites (N-methyl/N-ethyl adjacent to an activating group) is 1. The molecule has 0 fully saturated rings. The topological polar surface area (TPSA) is 32.5 Å². The van der Waals surface area contributed by atoms with Crippen molar-refractivity contribution in [2.45, 2.75) is 32.4 Å². The zero-order chi connectivity index (χ0) is 14.3. The molecule has 1 aromatic rings. The Morgan fingerprint density at radius 3 is 2.26 bits per heavy atom. The molecule has 2 atom stereocenters. The summed E-state index contributed by atoms with van der Waals surface area (Å²) in [4.78, 5) is 4.71. The molecule has 108 valence electrons. The molecule has 3 heteroatoms. The molecule has 0 spiro atoms. The van der Waals surface area contributed by atoms with Crippen LogP contribution in [0.4, 0.5) is 0 Å². The minimum atomic E-state index is 0.0838. The van der Waals surface area contributed by atoms with Gasteiger partial charge in [0.15, 0.2) is 0 Å². The summed E-state index contributed by atoms with van der Waals surface area (Å²) >= 11 is 0. The van der Waals surface area contributed by atoms with Gasteiger partial charge in [-0.05, 0) is 52.6 Å². The summed E-state index contributed by atoms with van der Waals surface area (Å²) in [5.41, 5.74) is 7.62. The molecule has 0 aromatic heterocycles. The third kappa shape index (κ3) is 5.31. The van der Waals surface area contributed by atoms with E-state index in [1.807, 2.05) is 6.07 Å². The van der Waals surface area contributed by atoms with Gasteiger partial charge in [0, 0.05) is 12.1 Å². The fourth-order valence-electron chi connectivity index (χ4n) is 2.42. The van der Waals surface area contributed by atoms with Gasteiger partial charge in [0.05, 0.1) is 0 Å². The number of rotatable bonds is 8. The summed E-state index contributed by atoms with van der Waals surface area (Å²) in [6.07, 6.45) is 1.19. The molecule has 2 N–H and O–H groups in total. The molecule has 2 unspecified atom stereocenters. The SMILES string of the molecule is CCN(CCCN(C)C)C(C)C(N)c1ccccc1. The van der Waals surface area contributed by atoms with E-state index in [1.165, 1.54) is 12.0 Å². The van der Waals surface area contributed by atoms with Crippen LogP contribution in [0.5, 0.6) is 0 Å². The highest BCUT2D eigenvalue weighted by Gasteiger charge is 2.20. The standard InChI is InChI=1S/C16H29N3/c1-5-19(13-9-12-18(3)4)14(2)16(17)15-10-7-6-8-11-15/h6-8,10-11,14,16H,5,9,12-13,17H2,1-4H3. The Hall–Kier alpha value is -0.900. The Morgan fingerprint density at radius 1 is 1.11 bits per heavy atom. The molecular weight excluding hydrogens is 234 g/mol. The zero-order valence-electron chi connectivity index (χ0n) is 12.8. The number of hydrogen-bond donors (Lipinski definition) is 1. The maximum atomic E-state index is 6.39. The predicted octanol–water partition coefficient (Wildman–Crippen LogP) is 2.35. The third-order valence-corrected chi connectivity index (χ3v) is 3.74. The second-order valence-corrected chi connectivity index (χ2v) is 5.46. The maximum absolute atomic E-state index is 6.39. The molecule has 0 radical (unpaired) electrons. The normalized spacial score (nSPS) is 14.9. The molecule has 19 heavy (non-hydrogen) atoms. The molecule has 0 aliphatic heterocycles. The van der Waals surface area contributed by atoms with Crippen molar-refractivity contribution in [3.05, 3.63) is 35.9 Å². The van der Waals surface area contributed by atoms with Gasteiger partial charge >= 0.3 is 0 Å². The first kappa shape index (κ1) is 16.2. The summed E-state index contributed by atoms with van der Waals surface area (Å²) in [7, 11) is 4.24. The Morgan fingerprint density at radius 2 is 1.74 bits per heavy atom. The first-order valence-corrected chi connectivity index (χ1v) is 7.25. The van der Waals surface area contributed by atoms with Crippen molar-refractivity contribution in [2.75, 3.05) is 33.7 Å². The second kappa shape index (κ2) is 8.31. The average molecular weight is 263 g/mol. The fraction of sp³-hybridized carbons (Fsp3) is 0.625. The summed E-state index contributed by atoms with van der Waals surface area (Å²) in [6.45, 7) is 7.73. The highest BCUT2D eigenvalue weighted by molar-refractivity contribution is 5.19. The van der Waals surface area contributed by atoms with E-state index in [2.05, 4.69) is 62.0 Å². The summed E-state index contributed by atoms with van der Waals surface area (Å²) in [6, 6.07) is 10.9.